The summed E-state index contributed by atoms with van der Waals surface area (Å²) in [6.45, 7) is 2.00. The van der Waals surface area contributed by atoms with Gasteiger partial charge in [0.25, 0.3) is 0 Å². The van der Waals surface area contributed by atoms with E-state index in [1.165, 1.54) is 25.3 Å². The van der Waals surface area contributed by atoms with Gasteiger partial charge in [-0.05, 0) is 25.1 Å². The minimum Gasteiger partial charge on any atom is -0.383 e. The lowest BCUT2D eigenvalue weighted by molar-refractivity contribution is 0.180. The summed E-state index contributed by atoms with van der Waals surface area (Å²) in [6, 6.07) is 3.83. The van der Waals surface area contributed by atoms with Crippen LogP contribution in [-0.4, -0.2) is 28.2 Å². The maximum absolute atomic E-state index is 11.9. The van der Waals surface area contributed by atoms with Crippen LogP contribution in [0.5, 0.6) is 0 Å². The maximum atomic E-state index is 11.9. The van der Waals surface area contributed by atoms with Gasteiger partial charge >= 0.3 is 0 Å². The van der Waals surface area contributed by atoms with Crippen molar-refractivity contribution in [1.82, 2.24) is 4.72 Å². The number of ether oxygens (including phenoxy) is 1. The SMILES string of the molecule is COC[C@@H](C)NS(=O)(=O)c1ccc(Cl)c(Cl)c1. The molecule has 4 nitrogen and oxygen atoms in total. The zero-order valence-corrected chi connectivity index (χ0v) is 11.7. The van der Waals surface area contributed by atoms with Gasteiger partial charge in [0.2, 0.25) is 10.0 Å². The van der Waals surface area contributed by atoms with Crippen LogP contribution in [0.15, 0.2) is 23.1 Å². The zero-order valence-electron chi connectivity index (χ0n) is 9.41. The highest BCUT2D eigenvalue weighted by atomic mass is 35.5. The molecule has 1 aromatic carbocycles. The zero-order chi connectivity index (χ0) is 13.1. The van der Waals surface area contributed by atoms with E-state index in [1.807, 2.05) is 0 Å². The predicted octanol–water partition coefficient (Wildman–Crippen LogP) is 2.31. The third-order valence-corrected chi connectivity index (χ3v) is 4.30. The Kier molecular flexibility index (Phi) is 5.22. The molecular weight excluding hydrogens is 285 g/mol. The molecule has 0 amide bonds. The van der Waals surface area contributed by atoms with Crippen molar-refractivity contribution in [3.8, 4) is 0 Å². The number of hydrogen-bond acceptors (Lipinski definition) is 3. The van der Waals surface area contributed by atoms with Gasteiger partial charge in [-0.2, -0.15) is 0 Å². The number of benzene rings is 1. The molecule has 7 heteroatoms. The molecule has 1 rings (SSSR count). The average molecular weight is 298 g/mol. The summed E-state index contributed by atoms with van der Waals surface area (Å²) in [4.78, 5) is 0.0786. The first kappa shape index (κ1) is 14.7. The molecule has 0 spiro atoms. The van der Waals surface area contributed by atoms with Crippen LogP contribution in [0.2, 0.25) is 10.0 Å². The largest absolute Gasteiger partial charge is 0.383 e. The molecule has 0 aliphatic carbocycles. The molecule has 0 saturated carbocycles. The van der Waals surface area contributed by atoms with E-state index in [2.05, 4.69) is 4.72 Å². The molecule has 0 aromatic heterocycles. The van der Waals surface area contributed by atoms with Crippen molar-refractivity contribution in [2.24, 2.45) is 0 Å². The predicted molar refractivity (Wildman–Crippen MR) is 68.1 cm³/mol. The van der Waals surface area contributed by atoms with Gasteiger partial charge in [0.1, 0.15) is 0 Å². The summed E-state index contributed by atoms with van der Waals surface area (Å²) < 4.78 is 31.1. The monoisotopic (exact) mass is 297 g/mol. The van der Waals surface area contributed by atoms with Crippen LogP contribution in [0.4, 0.5) is 0 Å². The van der Waals surface area contributed by atoms with Gasteiger partial charge in [0.05, 0.1) is 21.5 Å². The van der Waals surface area contributed by atoms with E-state index in [0.29, 0.717) is 11.6 Å². The van der Waals surface area contributed by atoms with Crippen molar-refractivity contribution in [2.45, 2.75) is 17.9 Å². The van der Waals surface area contributed by atoms with Crippen LogP contribution >= 0.6 is 23.2 Å². The lowest BCUT2D eigenvalue weighted by Gasteiger charge is -2.13. The van der Waals surface area contributed by atoms with Crippen LogP contribution < -0.4 is 4.72 Å². The molecular formula is C10H13Cl2NO3S. The standard InChI is InChI=1S/C10H13Cl2NO3S/c1-7(6-16-2)13-17(14,15)8-3-4-9(11)10(12)5-8/h3-5,7,13H,6H2,1-2H3/t7-/m1/s1. The summed E-state index contributed by atoms with van der Waals surface area (Å²) in [5.74, 6) is 0. The molecule has 0 fully saturated rings. The van der Waals surface area contributed by atoms with Crippen LogP contribution in [0, 0.1) is 0 Å². The Morgan fingerprint density at radius 3 is 2.53 bits per heavy atom. The summed E-state index contributed by atoms with van der Waals surface area (Å²) in [5, 5.41) is 0.518. The van der Waals surface area contributed by atoms with E-state index in [9.17, 15) is 8.42 Å². The van der Waals surface area contributed by atoms with Gasteiger partial charge in [-0.1, -0.05) is 23.2 Å². The van der Waals surface area contributed by atoms with Gasteiger partial charge in [0.15, 0.2) is 0 Å². The Hall–Kier alpha value is -0.330. The minimum atomic E-state index is -3.59. The fraction of sp³-hybridized carbons (Fsp3) is 0.400. The van der Waals surface area contributed by atoms with Gasteiger partial charge in [-0.3, -0.25) is 0 Å². The van der Waals surface area contributed by atoms with Crippen LogP contribution in [0.3, 0.4) is 0 Å². The fourth-order valence-corrected chi connectivity index (χ4v) is 2.88. The highest BCUT2D eigenvalue weighted by Gasteiger charge is 2.18. The van der Waals surface area contributed by atoms with Gasteiger partial charge in [-0.15, -0.1) is 0 Å². The number of rotatable bonds is 5. The van der Waals surface area contributed by atoms with E-state index in [4.69, 9.17) is 27.9 Å². The smallest absolute Gasteiger partial charge is 0.240 e. The second-order valence-corrected chi connectivity index (χ2v) is 6.08. The highest BCUT2D eigenvalue weighted by Crippen LogP contribution is 2.24. The Balaban J connectivity index is 2.93. The molecule has 0 saturated heterocycles. The lowest BCUT2D eigenvalue weighted by atomic mass is 10.4. The molecule has 0 heterocycles. The van der Waals surface area contributed by atoms with Crippen LogP contribution in [-0.2, 0) is 14.8 Å². The molecule has 96 valence electrons. The first-order valence-electron chi connectivity index (χ1n) is 4.83. The molecule has 1 aromatic rings. The van der Waals surface area contributed by atoms with Gasteiger partial charge in [0, 0.05) is 13.2 Å². The molecule has 0 aliphatic rings. The average Bonchev–Trinajstić information content (AvgIpc) is 2.21. The molecule has 0 aliphatic heterocycles. The summed E-state index contributed by atoms with van der Waals surface area (Å²) in [6.07, 6.45) is 0. The van der Waals surface area contributed by atoms with E-state index in [-0.39, 0.29) is 16.0 Å². The van der Waals surface area contributed by atoms with Crippen LogP contribution in [0.1, 0.15) is 6.92 Å². The Morgan fingerprint density at radius 1 is 1.35 bits per heavy atom. The summed E-state index contributed by atoms with van der Waals surface area (Å²) in [7, 11) is -2.09. The molecule has 0 radical (unpaired) electrons. The second kappa shape index (κ2) is 6.02. The van der Waals surface area contributed by atoms with Gasteiger partial charge in [-0.25, -0.2) is 13.1 Å². The quantitative estimate of drug-likeness (QED) is 0.907. The highest BCUT2D eigenvalue weighted by molar-refractivity contribution is 7.89. The number of methoxy groups -OCH3 is 1. The lowest BCUT2D eigenvalue weighted by Crippen LogP contribution is -2.35. The first-order valence-corrected chi connectivity index (χ1v) is 7.07. The van der Waals surface area contributed by atoms with E-state index >= 15 is 0 Å². The number of halogens is 2. The van der Waals surface area contributed by atoms with E-state index in [1.54, 1.807) is 6.92 Å². The van der Waals surface area contributed by atoms with Crippen molar-refractivity contribution < 1.29 is 13.2 Å². The minimum absolute atomic E-state index is 0.0786. The molecule has 1 N–H and O–H groups in total. The topological polar surface area (TPSA) is 55.4 Å². The third-order valence-electron chi connectivity index (χ3n) is 1.97. The number of hydrogen-bond donors (Lipinski definition) is 1. The molecule has 1 atom stereocenters. The number of nitrogens with one attached hydrogen (secondary N) is 1. The van der Waals surface area contributed by atoms with Crippen molar-refractivity contribution in [2.75, 3.05) is 13.7 Å². The third kappa shape index (κ3) is 4.12. The van der Waals surface area contributed by atoms with Crippen molar-refractivity contribution in [3.63, 3.8) is 0 Å². The summed E-state index contributed by atoms with van der Waals surface area (Å²) >= 11 is 11.5. The van der Waals surface area contributed by atoms with Crippen molar-refractivity contribution >= 4 is 33.2 Å². The number of sulfonamides is 1. The second-order valence-electron chi connectivity index (χ2n) is 3.55. The molecule has 17 heavy (non-hydrogen) atoms. The Labute approximate surface area is 111 Å². The fourth-order valence-electron chi connectivity index (χ4n) is 1.26. The van der Waals surface area contributed by atoms with Crippen LogP contribution in [0.25, 0.3) is 0 Å². The van der Waals surface area contributed by atoms with Crippen molar-refractivity contribution in [3.05, 3.63) is 28.2 Å². The van der Waals surface area contributed by atoms with Gasteiger partial charge < -0.3 is 4.74 Å². The van der Waals surface area contributed by atoms with E-state index in [0.717, 1.165) is 0 Å². The maximum Gasteiger partial charge on any atom is 0.240 e. The molecule has 0 unspecified atom stereocenters. The molecule has 0 bridgehead atoms. The Bertz CT molecular complexity index is 490. The Morgan fingerprint density at radius 2 is 2.00 bits per heavy atom. The summed E-state index contributed by atoms with van der Waals surface area (Å²) in [5.41, 5.74) is 0. The van der Waals surface area contributed by atoms with E-state index < -0.39 is 10.0 Å². The normalized spacial score (nSPS) is 13.6. The first-order chi connectivity index (χ1) is 7.86. The van der Waals surface area contributed by atoms with Crippen molar-refractivity contribution in [1.29, 1.82) is 0 Å².